The molecule has 0 fully saturated rings. The van der Waals surface area contributed by atoms with Crippen LogP contribution < -0.4 is 5.32 Å². The Labute approximate surface area is 93.9 Å². The predicted octanol–water partition coefficient (Wildman–Crippen LogP) is 3.13. The van der Waals surface area contributed by atoms with Crippen LogP contribution in [0.15, 0.2) is 24.3 Å². The van der Waals surface area contributed by atoms with E-state index in [0.29, 0.717) is 6.04 Å². The van der Waals surface area contributed by atoms with Gasteiger partial charge in [0.15, 0.2) is 0 Å². The Bertz CT molecular complexity index is 292. The summed E-state index contributed by atoms with van der Waals surface area (Å²) >= 11 is 0. The highest BCUT2D eigenvalue weighted by Crippen LogP contribution is 2.22. The maximum atomic E-state index is 3.26. The summed E-state index contributed by atoms with van der Waals surface area (Å²) in [5.41, 5.74) is 3.07. The van der Waals surface area contributed by atoms with E-state index in [1.54, 1.807) is 0 Å². The summed E-state index contributed by atoms with van der Waals surface area (Å²) < 4.78 is 0. The van der Waals surface area contributed by atoms with Crippen LogP contribution >= 0.6 is 0 Å². The van der Waals surface area contributed by atoms with Gasteiger partial charge in [0.25, 0.3) is 0 Å². The Morgan fingerprint density at radius 3 is 2.07 bits per heavy atom. The molecule has 0 heterocycles. The molecule has 0 aliphatic rings. The number of hydrogen-bond acceptors (Lipinski definition) is 1. The Balaban J connectivity index is 2.73. The molecule has 1 atom stereocenters. The second-order valence-electron chi connectivity index (χ2n) is 5.34. The lowest BCUT2D eigenvalue weighted by Gasteiger charge is -2.19. The van der Waals surface area contributed by atoms with Crippen molar-refractivity contribution in [2.24, 2.45) is 0 Å². The molecule has 1 nitrogen and oxygen atoms in total. The Morgan fingerprint density at radius 2 is 1.67 bits per heavy atom. The lowest BCUT2D eigenvalue weighted by molar-refractivity contribution is 0.587. The van der Waals surface area contributed by atoms with Crippen LogP contribution in [-0.2, 0) is 11.8 Å². The highest BCUT2D eigenvalue weighted by Gasteiger charge is 2.12. The van der Waals surface area contributed by atoms with Crippen molar-refractivity contribution in [1.29, 1.82) is 0 Å². The Kier molecular flexibility index (Phi) is 3.92. The van der Waals surface area contributed by atoms with Crippen LogP contribution in [-0.4, -0.2) is 13.1 Å². The second-order valence-corrected chi connectivity index (χ2v) is 5.34. The predicted molar refractivity (Wildman–Crippen MR) is 67.4 cm³/mol. The summed E-state index contributed by atoms with van der Waals surface area (Å²) in [6.45, 7) is 8.95. The van der Waals surface area contributed by atoms with Crippen molar-refractivity contribution in [3.05, 3.63) is 35.4 Å². The van der Waals surface area contributed by atoms with Crippen molar-refractivity contribution >= 4 is 0 Å². The van der Waals surface area contributed by atoms with E-state index >= 15 is 0 Å². The minimum absolute atomic E-state index is 0.257. The molecule has 0 aliphatic carbocycles. The van der Waals surface area contributed by atoms with E-state index in [1.165, 1.54) is 11.1 Å². The van der Waals surface area contributed by atoms with Gasteiger partial charge in [0.05, 0.1) is 0 Å². The topological polar surface area (TPSA) is 12.0 Å². The molecule has 1 rings (SSSR count). The minimum atomic E-state index is 0.257. The van der Waals surface area contributed by atoms with Gasteiger partial charge >= 0.3 is 0 Å². The first kappa shape index (κ1) is 12.3. The third-order valence-corrected chi connectivity index (χ3v) is 2.85. The zero-order chi connectivity index (χ0) is 11.5. The molecule has 0 spiro atoms. The molecule has 0 bridgehead atoms. The van der Waals surface area contributed by atoms with E-state index in [1.807, 2.05) is 7.05 Å². The molecule has 0 aromatic heterocycles. The highest BCUT2D eigenvalue weighted by molar-refractivity contribution is 5.27. The van der Waals surface area contributed by atoms with Gasteiger partial charge in [-0.3, -0.25) is 0 Å². The molecule has 0 saturated carbocycles. The van der Waals surface area contributed by atoms with E-state index in [9.17, 15) is 0 Å². The monoisotopic (exact) mass is 205 g/mol. The molecule has 1 N–H and O–H groups in total. The van der Waals surface area contributed by atoms with Crippen molar-refractivity contribution in [2.45, 2.75) is 45.6 Å². The zero-order valence-electron chi connectivity index (χ0n) is 10.6. The summed E-state index contributed by atoms with van der Waals surface area (Å²) in [5, 5.41) is 3.26. The number of hydrogen-bond donors (Lipinski definition) is 1. The Morgan fingerprint density at radius 1 is 1.13 bits per heavy atom. The van der Waals surface area contributed by atoms with Gasteiger partial charge in [0.2, 0.25) is 0 Å². The fourth-order valence-corrected chi connectivity index (χ4v) is 1.60. The molecule has 0 saturated heterocycles. The van der Waals surface area contributed by atoms with Crippen molar-refractivity contribution in [3.63, 3.8) is 0 Å². The van der Waals surface area contributed by atoms with Gasteiger partial charge in [-0.2, -0.15) is 0 Å². The van der Waals surface area contributed by atoms with Gasteiger partial charge in [-0.15, -0.1) is 0 Å². The summed E-state index contributed by atoms with van der Waals surface area (Å²) in [5.74, 6) is 0. The molecule has 0 amide bonds. The van der Waals surface area contributed by atoms with Crippen LogP contribution in [0.1, 0.15) is 38.8 Å². The normalized spacial score (nSPS) is 13.9. The van der Waals surface area contributed by atoms with Gasteiger partial charge in [0, 0.05) is 6.04 Å². The van der Waals surface area contributed by atoms with Crippen molar-refractivity contribution in [1.82, 2.24) is 5.32 Å². The molecule has 0 aliphatic heterocycles. The Hall–Kier alpha value is -0.820. The fourth-order valence-electron chi connectivity index (χ4n) is 1.60. The maximum absolute atomic E-state index is 3.26. The van der Waals surface area contributed by atoms with Crippen LogP contribution in [0.25, 0.3) is 0 Å². The van der Waals surface area contributed by atoms with E-state index < -0.39 is 0 Å². The van der Waals surface area contributed by atoms with E-state index in [-0.39, 0.29) is 5.41 Å². The van der Waals surface area contributed by atoms with Crippen LogP contribution in [0.3, 0.4) is 0 Å². The molecule has 1 unspecified atom stereocenters. The highest BCUT2D eigenvalue weighted by atomic mass is 14.8. The lowest BCUT2D eigenvalue weighted by Crippen LogP contribution is -2.23. The molecular weight excluding hydrogens is 182 g/mol. The maximum Gasteiger partial charge on any atom is 0.00761 e. The molecule has 1 heteroatoms. The minimum Gasteiger partial charge on any atom is -0.317 e. The zero-order valence-corrected chi connectivity index (χ0v) is 10.6. The average molecular weight is 205 g/mol. The fraction of sp³-hybridized carbons (Fsp3) is 0.571. The largest absolute Gasteiger partial charge is 0.317 e. The van der Waals surface area contributed by atoms with Gasteiger partial charge in [-0.25, -0.2) is 0 Å². The number of nitrogens with one attached hydrogen (secondary N) is 1. The van der Waals surface area contributed by atoms with E-state index in [4.69, 9.17) is 0 Å². The van der Waals surface area contributed by atoms with Crippen molar-refractivity contribution in [3.8, 4) is 0 Å². The number of benzene rings is 1. The summed E-state index contributed by atoms with van der Waals surface area (Å²) in [6.07, 6.45) is 1.10. The lowest BCUT2D eigenvalue weighted by atomic mass is 9.86. The molecule has 0 radical (unpaired) electrons. The average Bonchev–Trinajstić information content (AvgIpc) is 2.17. The molecule has 1 aromatic rings. The van der Waals surface area contributed by atoms with Crippen LogP contribution in [0.5, 0.6) is 0 Å². The van der Waals surface area contributed by atoms with Crippen molar-refractivity contribution in [2.75, 3.05) is 7.05 Å². The van der Waals surface area contributed by atoms with E-state index in [0.717, 1.165) is 6.42 Å². The first-order valence-electron chi connectivity index (χ1n) is 5.70. The first-order valence-corrected chi connectivity index (χ1v) is 5.70. The SMILES string of the molecule is CNC(C)Cc1ccc(C(C)(C)C)cc1. The van der Waals surface area contributed by atoms with Crippen molar-refractivity contribution < 1.29 is 0 Å². The second kappa shape index (κ2) is 4.80. The molecule has 15 heavy (non-hydrogen) atoms. The standard InChI is InChI=1S/C14H23N/c1-11(15-5)10-12-6-8-13(9-7-12)14(2,3)4/h6-9,11,15H,10H2,1-5H3. The summed E-state index contributed by atoms with van der Waals surface area (Å²) in [4.78, 5) is 0. The van der Waals surface area contributed by atoms with Gasteiger partial charge < -0.3 is 5.32 Å². The number of rotatable bonds is 3. The quantitative estimate of drug-likeness (QED) is 0.799. The first-order chi connectivity index (χ1) is 6.93. The third kappa shape index (κ3) is 3.67. The summed E-state index contributed by atoms with van der Waals surface area (Å²) in [6, 6.07) is 9.53. The summed E-state index contributed by atoms with van der Waals surface area (Å²) in [7, 11) is 2.01. The number of likely N-dealkylation sites (N-methyl/N-ethyl adjacent to an activating group) is 1. The smallest absolute Gasteiger partial charge is 0.00761 e. The van der Waals surface area contributed by atoms with Gasteiger partial charge in [0.1, 0.15) is 0 Å². The molecule has 1 aromatic carbocycles. The van der Waals surface area contributed by atoms with Crippen LogP contribution in [0.4, 0.5) is 0 Å². The van der Waals surface area contributed by atoms with E-state index in [2.05, 4.69) is 57.3 Å². The van der Waals surface area contributed by atoms with Crippen LogP contribution in [0.2, 0.25) is 0 Å². The van der Waals surface area contributed by atoms with Gasteiger partial charge in [-0.1, -0.05) is 45.0 Å². The van der Waals surface area contributed by atoms with Gasteiger partial charge in [-0.05, 0) is 36.9 Å². The molecule has 84 valence electrons. The molecular formula is C14H23N. The third-order valence-electron chi connectivity index (χ3n) is 2.85. The van der Waals surface area contributed by atoms with Crippen LogP contribution in [0, 0.1) is 0 Å².